The van der Waals surface area contributed by atoms with E-state index in [1.54, 1.807) is 13.4 Å². The first-order valence-electron chi connectivity index (χ1n) is 9.65. The summed E-state index contributed by atoms with van der Waals surface area (Å²) in [5, 5.41) is 3.03. The number of nitrogens with one attached hydrogen (secondary N) is 1. The number of carbonyl (C=O) groups excluding carboxylic acids is 1. The lowest BCUT2D eigenvalue weighted by atomic mass is 10.2. The van der Waals surface area contributed by atoms with Gasteiger partial charge in [0.1, 0.15) is 5.76 Å². The summed E-state index contributed by atoms with van der Waals surface area (Å²) in [5.74, 6) is 3.20. The number of carbonyl (C=O) groups is 1. The number of nitrogens with zero attached hydrogens (tertiary/aromatic N) is 2. The zero-order valence-corrected chi connectivity index (χ0v) is 17.2. The summed E-state index contributed by atoms with van der Waals surface area (Å²) in [5.41, 5.74) is 2.08. The molecule has 0 radical (unpaired) electrons. The van der Waals surface area contributed by atoms with E-state index < -0.39 is 0 Å². The average Bonchev–Trinajstić information content (AvgIpc) is 3.20. The smallest absolute Gasteiger partial charge is 0.238 e. The zero-order chi connectivity index (χ0) is 19.6. The van der Waals surface area contributed by atoms with Gasteiger partial charge in [-0.2, -0.15) is 11.8 Å². The van der Waals surface area contributed by atoms with Crippen LogP contribution in [0, 0.1) is 0 Å². The molecule has 2 heterocycles. The van der Waals surface area contributed by atoms with Crippen LogP contribution in [0.25, 0.3) is 0 Å². The fourth-order valence-electron chi connectivity index (χ4n) is 3.23. The number of anilines is 1. The first kappa shape index (κ1) is 20.9. The third-order valence-corrected chi connectivity index (χ3v) is 5.60. The minimum absolute atomic E-state index is 0.0332. The molecule has 6 nitrogen and oxygen atoms in total. The van der Waals surface area contributed by atoms with Crippen LogP contribution < -0.4 is 5.32 Å². The minimum atomic E-state index is -0.0332. The third kappa shape index (κ3) is 6.98. The van der Waals surface area contributed by atoms with Gasteiger partial charge in [-0.05, 0) is 29.8 Å². The molecule has 1 aromatic carbocycles. The molecule has 1 aliphatic rings. The van der Waals surface area contributed by atoms with Gasteiger partial charge in [-0.25, -0.2) is 0 Å². The molecule has 0 saturated carbocycles. The van der Waals surface area contributed by atoms with Crippen LogP contribution in [-0.2, 0) is 22.6 Å². The van der Waals surface area contributed by atoms with Gasteiger partial charge in [0.2, 0.25) is 5.91 Å². The normalized spacial score (nSPS) is 15.1. The van der Waals surface area contributed by atoms with Crippen molar-refractivity contribution in [3.8, 4) is 0 Å². The predicted octanol–water partition coefficient (Wildman–Crippen LogP) is 2.92. The predicted molar refractivity (Wildman–Crippen MR) is 114 cm³/mol. The van der Waals surface area contributed by atoms with Crippen LogP contribution in [0.15, 0.2) is 47.1 Å². The van der Waals surface area contributed by atoms with Crippen molar-refractivity contribution in [1.82, 2.24) is 9.80 Å². The number of furan rings is 1. The Morgan fingerprint density at radius 3 is 2.89 bits per heavy atom. The number of ether oxygens (including phenoxy) is 1. The lowest BCUT2D eigenvalue weighted by molar-refractivity contribution is -0.117. The van der Waals surface area contributed by atoms with E-state index in [1.165, 1.54) is 17.1 Å². The maximum Gasteiger partial charge on any atom is 0.238 e. The topological polar surface area (TPSA) is 58.0 Å². The molecular formula is C21H29N3O3S. The number of rotatable bonds is 10. The molecule has 0 aliphatic carbocycles. The molecular weight excluding hydrogens is 374 g/mol. The van der Waals surface area contributed by atoms with Crippen LogP contribution in [0.5, 0.6) is 0 Å². The molecule has 0 spiro atoms. The highest BCUT2D eigenvalue weighted by atomic mass is 32.2. The average molecular weight is 404 g/mol. The fraction of sp³-hybridized carbons (Fsp3) is 0.476. The second-order valence-electron chi connectivity index (χ2n) is 6.92. The van der Waals surface area contributed by atoms with Crippen molar-refractivity contribution in [2.24, 2.45) is 0 Å². The van der Waals surface area contributed by atoms with E-state index in [0.717, 1.165) is 31.1 Å². The van der Waals surface area contributed by atoms with Crippen molar-refractivity contribution in [1.29, 1.82) is 0 Å². The Balaban J connectivity index is 1.53. The third-order valence-electron chi connectivity index (χ3n) is 4.66. The monoisotopic (exact) mass is 403 g/mol. The maximum absolute atomic E-state index is 12.6. The Labute approximate surface area is 171 Å². The van der Waals surface area contributed by atoms with E-state index in [-0.39, 0.29) is 12.5 Å². The first-order valence-corrected chi connectivity index (χ1v) is 10.8. The molecule has 0 atom stereocenters. The van der Waals surface area contributed by atoms with E-state index in [2.05, 4.69) is 22.3 Å². The fourth-order valence-corrected chi connectivity index (χ4v) is 4.20. The van der Waals surface area contributed by atoms with Crippen molar-refractivity contribution in [3.05, 3.63) is 54.0 Å². The van der Waals surface area contributed by atoms with E-state index >= 15 is 0 Å². The lowest BCUT2D eigenvalue weighted by Gasteiger charge is -2.26. The molecule has 152 valence electrons. The Morgan fingerprint density at radius 1 is 1.29 bits per heavy atom. The molecule has 1 fully saturated rings. The summed E-state index contributed by atoms with van der Waals surface area (Å²) in [6.45, 7) is 5.29. The lowest BCUT2D eigenvalue weighted by Crippen LogP contribution is -2.35. The second kappa shape index (κ2) is 11.3. The van der Waals surface area contributed by atoms with E-state index in [1.807, 2.05) is 40.9 Å². The van der Waals surface area contributed by atoms with E-state index in [0.29, 0.717) is 19.7 Å². The highest BCUT2D eigenvalue weighted by Gasteiger charge is 2.14. The Morgan fingerprint density at radius 2 is 2.14 bits per heavy atom. The van der Waals surface area contributed by atoms with E-state index in [9.17, 15) is 4.79 Å². The summed E-state index contributed by atoms with van der Waals surface area (Å²) in [6, 6.07) is 11.9. The molecule has 2 aromatic rings. The number of amides is 1. The van der Waals surface area contributed by atoms with Crippen molar-refractivity contribution < 1.29 is 13.9 Å². The van der Waals surface area contributed by atoms with Gasteiger partial charge in [0.15, 0.2) is 0 Å². The van der Waals surface area contributed by atoms with Gasteiger partial charge in [0, 0.05) is 50.5 Å². The van der Waals surface area contributed by atoms with Gasteiger partial charge in [-0.15, -0.1) is 0 Å². The molecule has 1 N–H and O–H groups in total. The van der Waals surface area contributed by atoms with Crippen LogP contribution in [0.4, 0.5) is 5.69 Å². The first-order chi connectivity index (χ1) is 13.7. The van der Waals surface area contributed by atoms with Crippen molar-refractivity contribution in [2.75, 3.05) is 56.7 Å². The number of hydrogen-bond donors (Lipinski definition) is 1. The quantitative estimate of drug-likeness (QED) is 0.658. The summed E-state index contributed by atoms with van der Waals surface area (Å²) < 4.78 is 10.6. The largest absolute Gasteiger partial charge is 0.468 e. The molecule has 1 aliphatic heterocycles. The summed E-state index contributed by atoms with van der Waals surface area (Å²) in [7, 11) is 1.66. The van der Waals surface area contributed by atoms with Gasteiger partial charge < -0.3 is 14.5 Å². The standard InChI is InChI=1S/C21H29N3O3S/c1-26-11-7-24(16-20-6-3-10-27-20)17-21(25)22-19-5-2-4-18(14-19)15-23-8-12-28-13-9-23/h2-6,10,14H,7-9,11-13,15-17H2,1H3,(H,22,25). The molecule has 28 heavy (non-hydrogen) atoms. The van der Waals surface area contributed by atoms with Crippen molar-refractivity contribution in [2.45, 2.75) is 13.1 Å². The van der Waals surface area contributed by atoms with Crippen LogP contribution in [0.2, 0.25) is 0 Å². The highest BCUT2D eigenvalue weighted by molar-refractivity contribution is 7.99. The molecule has 3 rings (SSSR count). The Bertz CT molecular complexity index is 717. The summed E-state index contributed by atoms with van der Waals surface area (Å²) >= 11 is 2.01. The van der Waals surface area contributed by atoms with Gasteiger partial charge in [-0.3, -0.25) is 14.6 Å². The van der Waals surface area contributed by atoms with Crippen LogP contribution in [-0.4, -0.2) is 67.1 Å². The molecule has 1 amide bonds. The van der Waals surface area contributed by atoms with E-state index in [4.69, 9.17) is 9.15 Å². The second-order valence-corrected chi connectivity index (χ2v) is 8.14. The molecule has 0 unspecified atom stereocenters. The Hall–Kier alpha value is -1.80. The zero-order valence-electron chi connectivity index (χ0n) is 16.4. The minimum Gasteiger partial charge on any atom is -0.468 e. The molecule has 1 saturated heterocycles. The van der Waals surface area contributed by atoms with Crippen LogP contribution in [0.3, 0.4) is 0 Å². The number of methoxy groups -OCH3 is 1. The summed E-state index contributed by atoms with van der Waals surface area (Å²) in [4.78, 5) is 17.1. The number of benzene rings is 1. The number of thioether (sulfide) groups is 1. The molecule has 0 bridgehead atoms. The van der Waals surface area contributed by atoms with Gasteiger partial charge in [-0.1, -0.05) is 12.1 Å². The number of hydrogen-bond acceptors (Lipinski definition) is 6. The van der Waals surface area contributed by atoms with Gasteiger partial charge in [0.25, 0.3) is 0 Å². The van der Waals surface area contributed by atoms with Crippen molar-refractivity contribution >= 4 is 23.4 Å². The highest BCUT2D eigenvalue weighted by Crippen LogP contribution is 2.16. The molecule has 1 aromatic heterocycles. The van der Waals surface area contributed by atoms with Gasteiger partial charge >= 0.3 is 0 Å². The SMILES string of the molecule is COCCN(CC(=O)Nc1cccc(CN2CCSCC2)c1)Cc1ccco1. The Kier molecular flexibility index (Phi) is 8.42. The molecule has 7 heteroatoms. The van der Waals surface area contributed by atoms with Crippen LogP contribution in [0.1, 0.15) is 11.3 Å². The van der Waals surface area contributed by atoms with Crippen LogP contribution >= 0.6 is 11.8 Å². The maximum atomic E-state index is 12.6. The van der Waals surface area contributed by atoms with Gasteiger partial charge in [0.05, 0.1) is 26.0 Å². The van der Waals surface area contributed by atoms with Crippen molar-refractivity contribution in [3.63, 3.8) is 0 Å². The summed E-state index contributed by atoms with van der Waals surface area (Å²) in [6.07, 6.45) is 1.65.